The molecule has 3 N–H and O–H groups in total. The molecule has 0 bridgehead atoms. The topological polar surface area (TPSA) is 100 Å². The first-order valence-corrected chi connectivity index (χ1v) is 5.68. The SMILES string of the molecule is Cc1nc(NCC(=O)O)cc(Nc2ccc(C)o2)n1. The van der Waals surface area contributed by atoms with Gasteiger partial charge in [0, 0.05) is 12.1 Å². The fourth-order valence-electron chi connectivity index (χ4n) is 1.52. The molecule has 0 fully saturated rings. The van der Waals surface area contributed by atoms with Crippen molar-refractivity contribution in [3.8, 4) is 0 Å². The Morgan fingerprint density at radius 1 is 1.32 bits per heavy atom. The number of nitrogens with one attached hydrogen (secondary N) is 2. The number of rotatable bonds is 5. The van der Waals surface area contributed by atoms with Gasteiger partial charge in [0.15, 0.2) is 5.88 Å². The lowest BCUT2D eigenvalue weighted by Gasteiger charge is -2.07. The summed E-state index contributed by atoms with van der Waals surface area (Å²) in [5.41, 5.74) is 0. The first-order valence-electron chi connectivity index (χ1n) is 5.68. The second kappa shape index (κ2) is 5.38. The number of carboxylic acid groups (broad SMARTS) is 1. The quantitative estimate of drug-likeness (QED) is 0.756. The van der Waals surface area contributed by atoms with Crippen LogP contribution in [-0.2, 0) is 4.79 Å². The maximum Gasteiger partial charge on any atom is 0.322 e. The summed E-state index contributed by atoms with van der Waals surface area (Å²) in [6.45, 7) is 3.37. The van der Waals surface area contributed by atoms with Crippen LogP contribution in [0.5, 0.6) is 0 Å². The fourth-order valence-corrected chi connectivity index (χ4v) is 1.52. The Balaban J connectivity index is 2.14. The van der Waals surface area contributed by atoms with E-state index < -0.39 is 5.97 Å². The van der Waals surface area contributed by atoms with Gasteiger partial charge in [0.05, 0.1) is 0 Å². The molecule has 0 aliphatic heterocycles. The summed E-state index contributed by atoms with van der Waals surface area (Å²) >= 11 is 0. The van der Waals surface area contributed by atoms with Gasteiger partial charge in [-0.2, -0.15) is 0 Å². The average Bonchev–Trinajstić information content (AvgIpc) is 2.71. The molecule has 0 aliphatic carbocycles. The third-order valence-corrected chi connectivity index (χ3v) is 2.25. The zero-order chi connectivity index (χ0) is 13.8. The minimum absolute atomic E-state index is 0.199. The Morgan fingerprint density at radius 2 is 2.05 bits per heavy atom. The molecular weight excluding hydrogens is 248 g/mol. The van der Waals surface area contributed by atoms with Crippen LogP contribution in [0.3, 0.4) is 0 Å². The number of carboxylic acids is 1. The lowest BCUT2D eigenvalue weighted by Crippen LogP contribution is -2.14. The Kier molecular flexibility index (Phi) is 3.65. The van der Waals surface area contributed by atoms with E-state index in [0.29, 0.717) is 23.3 Å². The molecule has 0 aromatic carbocycles. The molecule has 0 saturated carbocycles. The molecule has 0 spiro atoms. The van der Waals surface area contributed by atoms with Crippen molar-refractivity contribution in [2.75, 3.05) is 17.2 Å². The van der Waals surface area contributed by atoms with Gasteiger partial charge < -0.3 is 20.2 Å². The Hall–Kier alpha value is -2.57. The van der Waals surface area contributed by atoms with E-state index in [1.54, 1.807) is 19.1 Å². The van der Waals surface area contributed by atoms with Crippen molar-refractivity contribution < 1.29 is 14.3 Å². The van der Waals surface area contributed by atoms with Crippen LogP contribution in [0.15, 0.2) is 22.6 Å². The summed E-state index contributed by atoms with van der Waals surface area (Å²) < 4.78 is 5.38. The van der Waals surface area contributed by atoms with Gasteiger partial charge in [-0.3, -0.25) is 4.79 Å². The molecule has 7 heteroatoms. The van der Waals surface area contributed by atoms with E-state index in [1.165, 1.54) is 0 Å². The summed E-state index contributed by atoms with van der Waals surface area (Å²) in [5, 5.41) is 14.3. The molecule has 2 aromatic rings. The maximum atomic E-state index is 10.5. The fraction of sp³-hybridized carbons (Fsp3) is 0.250. The monoisotopic (exact) mass is 262 g/mol. The van der Waals surface area contributed by atoms with Crippen molar-refractivity contribution in [2.24, 2.45) is 0 Å². The minimum atomic E-state index is -0.951. The number of aliphatic carboxylic acids is 1. The maximum absolute atomic E-state index is 10.5. The molecule has 100 valence electrons. The van der Waals surface area contributed by atoms with Gasteiger partial charge in [0.2, 0.25) is 0 Å². The van der Waals surface area contributed by atoms with Crippen LogP contribution in [0.1, 0.15) is 11.6 Å². The Labute approximate surface area is 109 Å². The predicted octanol–water partition coefficient (Wildman–Crippen LogP) is 1.93. The van der Waals surface area contributed by atoms with Crippen LogP contribution in [-0.4, -0.2) is 27.6 Å². The molecule has 19 heavy (non-hydrogen) atoms. The number of furan rings is 1. The van der Waals surface area contributed by atoms with E-state index in [-0.39, 0.29) is 6.54 Å². The van der Waals surface area contributed by atoms with E-state index in [2.05, 4.69) is 20.6 Å². The largest absolute Gasteiger partial charge is 0.480 e. The zero-order valence-corrected chi connectivity index (χ0v) is 10.6. The molecule has 2 aromatic heterocycles. The highest BCUT2D eigenvalue weighted by Gasteiger charge is 2.05. The third kappa shape index (κ3) is 3.70. The number of aromatic nitrogens is 2. The average molecular weight is 262 g/mol. The molecule has 0 atom stereocenters. The summed E-state index contributed by atoms with van der Waals surface area (Å²) in [5.74, 6) is 1.92. The molecule has 0 saturated heterocycles. The van der Waals surface area contributed by atoms with Crippen molar-refractivity contribution in [3.63, 3.8) is 0 Å². The van der Waals surface area contributed by atoms with E-state index >= 15 is 0 Å². The van der Waals surface area contributed by atoms with Gasteiger partial charge in [-0.1, -0.05) is 0 Å². The molecule has 7 nitrogen and oxygen atoms in total. The Bertz CT molecular complexity index is 594. The molecule has 2 rings (SSSR count). The highest BCUT2D eigenvalue weighted by Crippen LogP contribution is 2.19. The second-order valence-electron chi connectivity index (χ2n) is 3.97. The summed E-state index contributed by atoms with van der Waals surface area (Å²) in [4.78, 5) is 18.8. The lowest BCUT2D eigenvalue weighted by molar-refractivity contribution is -0.134. The van der Waals surface area contributed by atoms with Gasteiger partial charge in [-0.25, -0.2) is 9.97 Å². The number of hydrogen-bond acceptors (Lipinski definition) is 6. The molecule has 2 heterocycles. The highest BCUT2D eigenvalue weighted by atomic mass is 16.4. The Morgan fingerprint density at radius 3 is 2.68 bits per heavy atom. The number of aryl methyl sites for hydroxylation is 2. The van der Waals surface area contributed by atoms with Gasteiger partial charge in [0.1, 0.15) is 29.8 Å². The molecule has 0 amide bonds. The van der Waals surface area contributed by atoms with Crippen molar-refractivity contribution in [2.45, 2.75) is 13.8 Å². The van der Waals surface area contributed by atoms with Crippen molar-refractivity contribution >= 4 is 23.5 Å². The minimum Gasteiger partial charge on any atom is -0.480 e. The first-order chi connectivity index (χ1) is 9.02. The first kappa shape index (κ1) is 12.9. The third-order valence-electron chi connectivity index (χ3n) is 2.25. The lowest BCUT2D eigenvalue weighted by atomic mass is 10.4. The van der Waals surface area contributed by atoms with Gasteiger partial charge in [-0.15, -0.1) is 0 Å². The van der Waals surface area contributed by atoms with Crippen LogP contribution in [0.4, 0.5) is 17.5 Å². The van der Waals surface area contributed by atoms with Crippen molar-refractivity contribution in [3.05, 3.63) is 29.8 Å². The van der Waals surface area contributed by atoms with Crippen LogP contribution < -0.4 is 10.6 Å². The summed E-state index contributed by atoms with van der Waals surface area (Å²) in [6.07, 6.45) is 0. The summed E-state index contributed by atoms with van der Waals surface area (Å²) in [6, 6.07) is 5.24. The van der Waals surface area contributed by atoms with E-state index in [0.717, 1.165) is 5.76 Å². The van der Waals surface area contributed by atoms with Crippen LogP contribution in [0.2, 0.25) is 0 Å². The van der Waals surface area contributed by atoms with E-state index in [4.69, 9.17) is 9.52 Å². The number of carbonyl (C=O) groups is 1. The van der Waals surface area contributed by atoms with Crippen molar-refractivity contribution in [1.29, 1.82) is 0 Å². The number of anilines is 3. The predicted molar refractivity (Wildman–Crippen MR) is 69.6 cm³/mol. The summed E-state index contributed by atoms with van der Waals surface area (Å²) in [7, 11) is 0. The van der Waals surface area contributed by atoms with Crippen LogP contribution >= 0.6 is 0 Å². The molecule has 0 radical (unpaired) electrons. The van der Waals surface area contributed by atoms with Crippen LogP contribution in [0, 0.1) is 13.8 Å². The van der Waals surface area contributed by atoms with Gasteiger partial charge in [-0.05, 0) is 19.9 Å². The highest BCUT2D eigenvalue weighted by molar-refractivity contribution is 5.72. The second-order valence-corrected chi connectivity index (χ2v) is 3.97. The smallest absolute Gasteiger partial charge is 0.322 e. The van der Waals surface area contributed by atoms with Gasteiger partial charge in [0.25, 0.3) is 0 Å². The van der Waals surface area contributed by atoms with E-state index in [9.17, 15) is 4.79 Å². The zero-order valence-electron chi connectivity index (χ0n) is 10.6. The molecular formula is C12H14N4O3. The molecule has 0 aliphatic rings. The van der Waals surface area contributed by atoms with Gasteiger partial charge >= 0.3 is 5.97 Å². The standard InChI is InChI=1S/C12H14N4O3/c1-7-3-4-11(19-7)16-10-5-9(13-6-12(17)18)14-8(2)15-10/h3-5H,6H2,1-2H3,(H,17,18)(H2,13,14,15,16). The molecule has 0 unspecified atom stereocenters. The van der Waals surface area contributed by atoms with E-state index in [1.807, 2.05) is 13.0 Å². The van der Waals surface area contributed by atoms with Crippen LogP contribution in [0.25, 0.3) is 0 Å². The van der Waals surface area contributed by atoms with Crippen molar-refractivity contribution in [1.82, 2.24) is 9.97 Å². The normalized spacial score (nSPS) is 10.2. The number of nitrogens with zero attached hydrogens (tertiary/aromatic N) is 2. The number of hydrogen-bond donors (Lipinski definition) is 3.